The molecule has 12 heteroatoms. The van der Waals surface area contributed by atoms with E-state index in [1.807, 2.05) is 14.7 Å². The molecule has 0 aromatic heterocycles. The van der Waals surface area contributed by atoms with Gasteiger partial charge in [0, 0.05) is 51.4 Å². The first-order chi connectivity index (χ1) is 18.5. The second kappa shape index (κ2) is 14.5. The molecule has 1 saturated heterocycles. The Morgan fingerprint density at radius 1 is 0.850 bits per heavy atom. The van der Waals surface area contributed by atoms with E-state index in [-0.39, 0.29) is 30.7 Å². The van der Waals surface area contributed by atoms with Crippen LogP contribution in [0.3, 0.4) is 0 Å². The van der Waals surface area contributed by atoms with Gasteiger partial charge in [0.25, 0.3) is 5.69 Å². The van der Waals surface area contributed by atoms with Gasteiger partial charge in [0.15, 0.2) is 0 Å². The fourth-order valence-corrected chi connectivity index (χ4v) is 4.45. The van der Waals surface area contributed by atoms with Gasteiger partial charge >= 0.3 is 17.9 Å². The number of hydrogen-bond donors (Lipinski definition) is 1. The summed E-state index contributed by atoms with van der Waals surface area (Å²) in [4.78, 5) is 53.7. The zero-order valence-corrected chi connectivity index (χ0v) is 24.6. The number of carbonyl (C=O) groups is 3. The number of non-ortho nitro benzene ring substituents is 1. The zero-order valence-electron chi connectivity index (χ0n) is 24.6. The minimum atomic E-state index is -0.974. The van der Waals surface area contributed by atoms with Crippen LogP contribution in [0.15, 0.2) is 24.3 Å². The van der Waals surface area contributed by atoms with Crippen LogP contribution in [0.5, 0.6) is 0 Å². The molecule has 1 aromatic rings. The maximum absolute atomic E-state index is 12.6. The molecule has 0 aliphatic carbocycles. The first-order valence-electron chi connectivity index (χ1n) is 13.6. The number of rotatable bonds is 10. The Morgan fingerprint density at radius 3 is 1.65 bits per heavy atom. The summed E-state index contributed by atoms with van der Waals surface area (Å²) in [6.45, 7) is 13.6. The van der Waals surface area contributed by atoms with Gasteiger partial charge < -0.3 is 14.6 Å². The normalized spacial score (nSPS) is 17.2. The van der Waals surface area contributed by atoms with Gasteiger partial charge in [-0.15, -0.1) is 0 Å². The fraction of sp³-hybridized carbons (Fsp3) is 0.679. The number of aryl methyl sites for hydroxylation is 1. The Bertz CT molecular complexity index is 975. The number of nitro benzene ring substituents is 1. The summed E-state index contributed by atoms with van der Waals surface area (Å²) in [5.74, 6) is -1.71. The van der Waals surface area contributed by atoms with Gasteiger partial charge in [-0.25, -0.2) is 0 Å². The van der Waals surface area contributed by atoms with E-state index in [0.29, 0.717) is 52.1 Å². The van der Waals surface area contributed by atoms with Crippen LogP contribution in [0.25, 0.3) is 0 Å². The van der Waals surface area contributed by atoms with Crippen molar-refractivity contribution in [3.05, 3.63) is 39.9 Å². The van der Waals surface area contributed by atoms with E-state index in [9.17, 15) is 29.6 Å². The SMILES string of the molecule is CC(C)(C)OC(=O)CN1CCN(CC(=O)OC(C)(C)C)CCN(C(CCc2ccc([N+](=O)[O-])cc2)C(=O)O)CC1. The van der Waals surface area contributed by atoms with Gasteiger partial charge in [0.2, 0.25) is 0 Å². The first-order valence-corrected chi connectivity index (χ1v) is 13.6. The molecular formula is C28H44N4O8. The molecule has 224 valence electrons. The van der Waals surface area contributed by atoms with E-state index in [4.69, 9.17) is 9.47 Å². The molecule has 0 radical (unpaired) electrons. The van der Waals surface area contributed by atoms with Gasteiger partial charge in [-0.2, -0.15) is 0 Å². The molecule has 0 spiro atoms. The van der Waals surface area contributed by atoms with Crippen molar-refractivity contribution >= 4 is 23.6 Å². The Balaban J connectivity index is 2.18. The van der Waals surface area contributed by atoms with Crippen LogP contribution in [0.2, 0.25) is 0 Å². The third-order valence-corrected chi connectivity index (χ3v) is 6.26. The lowest BCUT2D eigenvalue weighted by Gasteiger charge is -2.31. The third-order valence-electron chi connectivity index (χ3n) is 6.26. The molecule has 40 heavy (non-hydrogen) atoms. The predicted molar refractivity (Wildman–Crippen MR) is 149 cm³/mol. The van der Waals surface area contributed by atoms with Gasteiger partial charge in [0.1, 0.15) is 17.2 Å². The lowest BCUT2D eigenvalue weighted by molar-refractivity contribution is -0.384. The molecular weight excluding hydrogens is 520 g/mol. The Hall–Kier alpha value is -3.09. The van der Waals surface area contributed by atoms with E-state index in [2.05, 4.69) is 0 Å². The molecule has 1 N–H and O–H groups in total. The first kappa shape index (κ1) is 33.1. The van der Waals surface area contributed by atoms with Crippen LogP contribution in [-0.4, -0.2) is 112 Å². The average Bonchev–Trinajstić information content (AvgIpc) is 2.88. The lowest BCUT2D eigenvalue weighted by atomic mass is 10.0. The van der Waals surface area contributed by atoms with Crippen molar-refractivity contribution < 1.29 is 33.9 Å². The van der Waals surface area contributed by atoms with E-state index in [1.54, 1.807) is 53.7 Å². The number of carboxylic acid groups (broad SMARTS) is 1. The number of carboxylic acids is 1. The number of nitro groups is 1. The number of benzene rings is 1. The molecule has 1 unspecified atom stereocenters. The third kappa shape index (κ3) is 12.4. The van der Waals surface area contributed by atoms with Crippen molar-refractivity contribution in [1.29, 1.82) is 0 Å². The van der Waals surface area contributed by atoms with E-state index in [1.165, 1.54) is 12.1 Å². The summed E-state index contributed by atoms with van der Waals surface area (Å²) in [7, 11) is 0. The highest BCUT2D eigenvalue weighted by Crippen LogP contribution is 2.17. The average molecular weight is 565 g/mol. The predicted octanol–water partition coefficient (Wildman–Crippen LogP) is 2.58. The molecule has 1 aliphatic rings. The number of nitrogens with zero attached hydrogens (tertiary/aromatic N) is 4. The number of carbonyl (C=O) groups excluding carboxylic acids is 2. The van der Waals surface area contributed by atoms with Crippen molar-refractivity contribution in [3.63, 3.8) is 0 Å². The second-order valence-electron chi connectivity index (χ2n) is 12.1. The maximum atomic E-state index is 12.6. The maximum Gasteiger partial charge on any atom is 0.320 e. The van der Waals surface area contributed by atoms with E-state index < -0.39 is 28.1 Å². The van der Waals surface area contributed by atoms with Crippen LogP contribution in [0, 0.1) is 10.1 Å². The highest BCUT2D eigenvalue weighted by atomic mass is 16.6. The molecule has 1 aromatic carbocycles. The number of esters is 2. The largest absolute Gasteiger partial charge is 0.480 e. The van der Waals surface area contributed by atoms with Gasteiger partial charge in [-0.3, -0.25) is 39.2 Å². The number of aliphatic carboxylic acids is 1. The molecule has 1 atom stereocenters. The molecule has 1 fully saturated rings. The molecule has 2 rings (SSSR count). The second-order valence-corrected chi connectivity index (χ2v) is 12.1. The molecule has 0 saturated carbocycles. The highest BCUT2D eigenvalue weighted by molar-refractivity contribution is 5.74. The molecule has 0 bridgehead atoms. The summed E-state index contributed by atoms with van der Waals surface area (Å²) in [5.41, 5.74) is -0.469. The quantitative estimate of drug-likeness (QED) is 0.254. The van der Waals surface area contributed by atoms with Crippen LogP contribution in [0.4, 0.5) is 5.69 Å². The number of hydrogen-bond acceptors (Lipinski definition) is 10. The topological polar surface area (TPSA) is 143 Å². The fourth-order valence-electron chi connectivity index (χ4n) is 4.45. The summed E-state index contributed by atoms with van der Waals surface area (Å²) in [6.07, 6.45) is 0.722. The van der Waals surface area contributed by atoms with Crippen molar-refractivity contribution in [2.45, 2.75) is 71.6 Å². The minimum Gasteiger partial charge on any atom is -0.480 e. The summed E-state index contributed by atoms with van der Waals surface area (Å²) in [5, 5.41) is 21.1. The summed E-state index contributed by atoms with van der Waals surface area (Å²) < 4.78 is 11.0. The number of ether oxygens (including phenoxy) is 2. The molecule has 12 nitrogen and oxygen atoms in total. The zero-order chi connectivity index (χ0) is 30.1. The molecule has 0 amide bonds. The van der Waals surface area contributed by atoms with Gasteiger partial charge in [0.05, 0.1) is 18.0 Å². The van der Waals surface area contributed by atoms with E-state index >= 15 is 0 Å². The van der Waals surface area contributed by atoms with Crippen molar-refractivity contribution in [1.82, 2.24) is 14.7 Å². The van der Waals surface area contributed by atoms with Crippen molar-refractivity contribution in [2.24, 2.45) is 0 Å². The Labute approximate surface area is 236 Å². The van der Waals surface area contributed by atoms with E-state index in [0.717, 1.165) is 5.56 Å². The van der Waals surface area contributed by atoms with Gasteiger partial charge in [-0.1, -0.05) is 12.1 Å². The standard InChI is InChI=1S/C28H44N4O8/c1-27(2,3)39-24(33)19-29-13-14-30(20-25(34)40-28(4,5)6)16-18-31(17-15-29)23(26(35)36)12-9-21-7-10-22(11-8-21)32(37)38/h7-8,10-11,23H,9,12-20H2,1-6H3,(H,35,36). The smallest absolute Gasteiger partial charge is 0.320 e. The molecule has 1 aliphatic heterocycles. The summed E-state index contributed by atoms with van der Waals surface area (Å²) in [6, 6.07) is 5.28. The van der Waals surface area contributed by atoms with Crippen LogP contribution in [0.1, 0.15) is 53.5 Å². The Morgan fingerprint density at radius 2 is 1.27 bits per heavy atom. The summed E-state index contributed by atoms with van der Waals surface area (Å²) >= 11 is 0. The van der Waals surface area contributed by atoms with Gasteiger partial charge in [-0.05, 0) is 59.9 Å². The van der Waals surface area contributed by atoms with Crippen molar-refractivity contribution in [3.8, 4) is 0 Å². The van der Waals surface area contributed by atoms with Crippen LogP contribution in [-0.2, 0) is 30.3 Å². The lowest BCUT2D eigenvalue weighted by Crippen LogP contribution is -2.47. The van der Waals surface area contributed by atoms with Crippen LogP contribution >= 0.6 is 0 Å². The monoisotopic (exact) mass is 564 g/mol. The Kier molecular flexibility index (Phi) is 12.0. The highest BCUT2D eigenvalue weighted by Gasteiger charge is 2.29. The van der Waals surface area contributed by atoms with Crippen LogP contribution < -0.4 is 0 Å². The minimum absolute atomic E-state index is 0.0197. The van der Waals surface area contributed by atoms with Crippen molar-refractivity contribution in [2.75, 3.05) is 52.4 Å². The molecule has 1 heterocycles.